The molecule has 4 nitrogen and oxygen atoms in total. The predicted molar refractivity (Wildman–Crippen MR) is 62.4 cm³/mol. The highest BCUT2D eigenvalue weighted by atomic mass is 19.1. The minimum Gasteiger partial charge on any atom is -0.310 e. The zero-order valence-electron chi connectivity index (χ0n) is 9.53. The lowest BCUT2D eigenvalue weighted by molar-refractivity contribution is 0.206. The summed E-state index contributed by atoms with van der Waals surface area (Å²) >= 11 is 0. The second kappa shape index (κ2) is 4.53. The van der Waals surface area contributed by atoms with Crippen LogP contribution in [0.15, 0.2) is 24.3 Å². The molecule has 0 aliphatic carbocycles. The lowest BCUT2D eigenvalue weighted by atomic mass is 10.1. The van der Waals surface area contributed by atoms with E-state index in [1.807, 2.05) is 6.92 Å². The Labute approximate surface area is 98.9 Å². The first-order valence-electron chi connectivity index (χ1n) is 5.55. The summed E-state index contributed by atoms with van der Waals surface area (Å²) in [6, 6.07) is 5.25. The zero-order valence-corrected chi connectivity index (χ0v) is 9.53. The molecule has 0 aromatic heterocycles. The van der Waals surface area contributed by atoms with Crippen LogP contribution in [0, 0.1) is 11.2 Å². The molecule has 1 fully saturated rings. The van der Waals surface area contributed by atoms with Crippen LogP contribution < -0.4 is 5.32 Å². The number of carbonyl (C=O) groups is 1. The molecule has 2 rings (SSSR count). The first-order valence-corrected chi connectivity index (χ1v) is 5.55. The van der Waals surface area contributed by atoms with Gasteiger partial charge in [0.2, 0.25) is 0 Å². The van der Waals surface area contributed by atoms with Crippen LogP contribution in [0.1, 0.15) is 24.9 Å². The van der Waals surface area contributed by atoms with Gasteiger partial charge in [-0.25, -0.2) is 9.18 Å². The summed E-state index contributed by atoms with van der Waals surface area (Å²) in [5.41, 5.74) is 0.627. The largest absolute Gasteiger partial charge is 0.323 e. The molecule has 0 radical (unpaired) electrons. The van der Waals surface area contributed by atoms with E-state index in [1.165, 1.54) is 12.1 Å². The van der Waals surface area contributed by atoms with Crippen molar-refractivity contribution in [2.45, 2.75) is 19.4 Å². The number of hydrogen-bond donors (Lipinski definition) is 2. The van der Waals surface area contributed by atoms with Crippen molar-refractivity contribution in [2.75, 3.05) is 6.54 Å². The van der Waals surface area contributed by atoms with Crippen molar-refractivity contribution < 1.29 is 9.18 Å². The fraction of sp³-hybridized carbons (Fsp3) is 0.333. The van der Waals surface area contributed by atoms with Gasteiger partial charge in [0, 0.05) is 6.54 Å². The van der Waals surface area contributed by atoms with Crippen LogP contribution in [-0.2, 0) is 0 Å². The molecule has 1 aromatic rings. The third kappa shape index (κ3) is 2.13. The van der Waals surface area contributed by atoms with Crippen LogP contribution in [0.4, 0.5) is 9.18 Å². The van der Waals surface area contributed by atoms with Crippen molar-refractivity contribution in [3.8, 4) is 0 Å². The molecule has 17 heavy (non-hydrogen) atoms. The smallest absolute Gasteiger partial charge is 0.310 e. The lowest BCUT2D eigenvalue weighted by Gasteiger charge is -2.22. The maximum absolute atomic E-state index is 13.2. The monoisotopic (exact) mass is 235 g/mol. The van der Waals surface area contributed by atoms with Crippen LogP contribution in [0.5, 0.6) is 0 Å². The van der Waals surface area contributed by atoms with Crippen LogP contribution in [0.25, 0.3) is 0 Å². The molecule has 0 saturated carbocycles. The number of nitrogens with zero attached hydrogens (tertiary/aromatic N) is 1. The molecule has 1 atom stereocenters. The third-order valence-electron chi connectivity index (χ3n) is 2.72. The molecule has 2 N–H and O–H groups in total. The molecule has 5 heteroatoms. The first-order chi connectivity index (χ1) is 8.13. The first kappa shape index (κ1) is 11.6. The molecule has 0 spiro atoms. The van der Waals surface area contributed by atoms with Crippen molar-refractivity contribution >= 4 is 11.9 Å². The van der Waals surface area contributed by atoms with Gasteiger partial charge in [-0.3, -0.25) is 10.7 Å². The Balaban J connectivity index is 2.34. The van der Waals surface area contributed by atoms with E-state index in [0.29, 0.717) is 12.1 Å². The van der Waals surface area contributed by atoms with Crippen molar-refractivity contribution in [3.05, 3.63) is 35.6 Å². The Morgan fingerprint density at radius 1 is 1.53 bits per heavy atom. The summed E-state index contributed by atoms with van der Waals surface area (Å²) in [4.78, 5) is 13.2. The number of halogens is 1. The van der Waals surface area contributed by atoms with Gasteiger partial charge in [-0.1, -0.05) is 19.1 Å². The Kier molecular flexibility index (Phi) is 3.08. The predicted octanol–water partition coefficient (Wildman–Crippen LogP) is 2.28. The standard InChI is InChI=1S/C12H14FN3O/c1-2-6-16-10(11(14)15-12(16)17)8-4-3-5-9(13)7-8/h3-5,7,10H,2,6H2,1H3,(H2,14,15,17). The van der Waals surface area contributed by atoms with Gasteiger partial charge < -0.3 is 4.90 Å². The van der Waals surface area contributed by atoms with E-state index >= 15 is 0 Å². The van der Waals surface area contributed by atoms with E-state index in [1.54, 1.807) is 17.0 Å². The Bertz CT molecular complexity index is 461. The van der Waals surface area contributed by atoms with E-state index in [4.69, 9.17) is 5.41 Å². The van der Waals surface area contributed by atoms with Crippen molar-refractivity contribution in [2.24, 2.45) is 0 Å². The van der Waals surface area contributed by atoms with E-state index in [-0.39, 0.29) is 17.7 Å². The SMILES string of the molecule is CCCN1C(=O)NC(=N)C1c1cccc(F)c1. The number of nitrogens with one attached hydrogen (secondary N) is 2. The summed E-state index contributed by atoms with van der Waals surface area (Å²) < 4.78 is 13.2. The quantitative estimate of drug-likeness (QED) is 0.829. The molecule has 0 bridgehead atoms. The average molecular weight is 235 g/mol. The topological polar surface area (TPSA) is 56.2 Å². The highest BCUT2D eigenvalue weighted by molar-refractivity contribution is 6.05. The number of amides is 2. The second-order valence-corrected chi connectivity index (χ2v) is 3.99. The van der Waals surface area contributed by atoms with Crippen LogP contribution in [-0.4, -0.2) is 23.3 Å². The van der Waals surface area contributed by atoms with Gasteiger partial charge in [0.15, 0.2) is 0 Å². The van der Waals surface area contributed by atoms with E-state index in [0.717, 1.165) is 6.42 Å². The lowest BCUT2D eigenvalue weighted by Crippen LogP contribution is -2.30. The van der Waals surface area contributed by atoms with Gasteiger partial charge >= 0.3 is 6.03 Å². The van der Waals surface area contributed by atoms with Crippen LogP contribution in [0.2, 0.25) is 0 Å². The number of hydrogen-bond acceptors (Lipinski definition) is 2. The highest BCUT2D eigenvalue weighted by Crippen LogP contribution is 2.26. The van der Waals surface area contributed by atoms with Gasteiger partial charge in [-0.15, -0.1) is 0 Å². The summed E-state index contributed by atoms with van der Waals surface area (Å²) in [7, 11) is 0. The molecule has 1 aliphatic heterocycles. The normalized spacial score (nSPS) is 19.6. The molecule has 1 heterocycles. The molecule has 90 valence electrons. The highest BCUT2D eigenvalue weighted by Gasteiger charge is 2.36. The Hall–Kier alpha value is -1.91. The van der Waals surface area contributed by atoms with Gasteiger partial charge in [-0.2, -0.15) is 0 Å². The van der Waals surface area contributed by atoms with E-state index in [2.05, 4.69) is 5.32 Å². The minimum atomic E-state index is -0.488. The Morgan fingerprint density at radius 3 is 2.94 bits per heavy atom. The van der Waals surface area contributed by atoms with Crippen molar-refractivity contribution in [3.63, 3.8) is 0 Å². The van der Waals surface area contributed by atoms with Gasteiger partial charge in [0.25, 0.3) is 0 Å². The number of benzene rings is 1. The van der Waals surface area contributed by atoms with Gasteiger partial charge in [0.05, 0.1) is 0 Å². The molecular weight excluding hydrogens is 221 g/mol. The number of carbonyl (C=O) groups excluding carboxylic acids is 1. The third-order valence-corrected chi connectivity index (χ3v) is 2.72. The second-order valence-electron chi connectivity index (χ2n) is 3.99. The molecule has 2 amide bonds. The summed E-state index contributed by atoms with van der Waals surface area (Å²) in [5.74, 6) is -0.250. The van der Waals surface area contributed by atoms with Crippen molar-refractivity contribution in [1.82, 2.24) is 10.2 Å². The number of urea groups is 1. The summed E-state index contributed by atoms with van der Waals surface area (Å²) in [6.45, 7) is 2.51. The van der Waals surface area contributed by atoms with E-state index in [9.17, 15) is 9.18 Å². The fourth-order valence-electron chi connectivity index (χ4n) is 2.02. The summed E-state index contributed by atoms with van der Waals surface area (Å²) in [6.07, 6.45) is 0.798. The molecule has 1 aromatic carbocycles. The fourth-order valence-corrected chi connectivity index (χ4v) is 2.02. The number of amidine groups is 1. The molecular formula is C12H14FN3O. The minimum absolute atomic E-state index is 0.106. The van der Waals surface area contributed by atoms with Crippen LogP contribution in [0.3, 0.4) is 0 Å². The van der Waals surface area contributed by atoms with Gasteiger partial charge in [0.1, 0.15) is 17.7 Å². The molecule has 1 unspecified atom stereocenters. The van der Waals surface area contributed by atoms with E-state index < -0.39 is 6.04 Å². The zero-order chi connectivity index (χ0) is 12.4. The Morgan fingerprint density at radius 2 is 2.29 bits per heavy atom. The number of rotatable bonds is 3. The molecule has 1 saturated heterocycles. The van der Waals surface area contributed by atoms with Crippen LogP contribution >= 0.6 is 0 Å². The van der Waals surface area contributed by atoms with Gasteiger partial charge in [-0.05, 0) is 24.1 Å². The average Bonchev–Trinajstić information content (AvgIpc) is 2.54. The molecule has 1 aliphatic rings. The van der Waals surface area contributed by atoms with Crippen molar-refractivity contribution in [1.29, 1.82) is 5.41 Å². The maximum Gasteiger partial charge on any atom is 0.323 e. The summed E-state index contributed by atoms with van der Waals surface area (Å²) in [5, 5.41) is 10.2. The maximum atomic E-state index is 13.2.